The van der Waals surface area contributed by atoms with E-state index >= 15 is 0 Å². The van der Waals surface area contributed by atoms with Gasteiger partial charge in [0, 0.05) is 31.5 Å². The Hall–Kier alpha value is -2.12. The van der Waals surface area contributed by atoms with Gasteiger partial charge in [-0.25, -0.2) is 0 Å². The Kier molecular flexibility index (Phi) is 4.82. The quantitative estimate of drug-likeness (QED) is 0.594. The van der Waals surface area contributed by atoms with Crippen LogP contribution in [0, 0.1) is 0 Å². The molecule has 0 spiro atoms. The van der Waals surface area contributed by atoms with Crippen LogP contribution >= 0.6 is 23.1 Å². The zero-order chi connectivity index (χ0) is 18.1. The lowest BCUT2D eigenvalue weighted by Crippen LogP contribution is -2.21. The van der Waals surface area contributed by atoms with Crippen molar-refractivity contribution in [3.8, 4) is 10.7 Å². The van der Waals surface area contributed by atoms with Gasteiger partial charge in [0.15, 0.2) is 11.0 Å². The maximum Gasteiger partial charge on any atom is 0.253 e. The predicted octanol–water partition coefficient (Wildman–Crippen LogP) is 4.34. The van der Waals surface area contributed by atoms with Gasteiger partial charge in [0.25, 0.3) is 5.91 Å². The SMILES string of the molecule is CN(C)C(=O)c1ccc(CSc2nnc(-c3cccs3)n2C2CC2)cc1. The Morgan fingerprint density at radius 2 is 2.00 bits per heavy atom. The van der Waals surface area contributed by atoms with Crippen molar-refractivity contribution >= 4 is 29.0 Å². The number of amides is 1. The molecule has 7 heteroatoms. The van der Waals surface area contributed by atoms with Gasteiger partial charge in [-0.3, -0.25) is 9.36 Å². The van der Waals surface area contributed by atoms with E-state index in [2.05, 4.69) is 32.3 Å². The van der Waals surface area contributed by atoms with Crippen LogP contribution in [0.3, 0.4) is 0 Å². The second kappa shape index (κ2) is 7.25. The van der Waals surface area contributed by atoms with Crippen molar-refractivity contribution in [2.45, 2.75) is 29.8 Å². The highest BCUT2D eigenvalue weighted by Gasteiger charge is 2.30. The molecular formula is C19H20N4OS2. The van der Waals surface area contributed by atoms with Crippen molar-refractivity contribution in [1.29, 1.82) is 0 Å². The van der Waals surface area contributed by atoms with Crippen molar-refractivity contribution in [1.82, 2.24) is 19.7 Å². The van der Waals surface area contributed by atoms with Crippen LogP contribution < -0.4 is 0 Å². The monoisotopic (exact) mass is 384 g/mol. The number of carbonyl (C=O) groups excluding carboxylic acids is 1. The summed E-state index contributed by atoms with van der Waals surface area (Å²) in [6, 6.07) is 12.5. The molecule has 2 aromatic heterocycles. The lowest BCUT2D eigenvalue weighted by atomic mass is 10.1. The fraction of sp³-hybridized carbons (Fsp3) is 0.316. The molecule has 1 saturated carbocycles. The maximum absolute atomic E-state index is 12.0. The molecule has 26 heavy (non-hydrogen) atoms. The number of thiophene rings is 1. The van der Waals surface area contributed by atoms with Gasteiger partial charge in [-0.05, 0) is 42.0 Å². The molecule has 1 fully saturated rings. The Labute approximate surface area is 161 Å². The summed E-state index contributed by atoms with van der Waals surface area (Å²) >= 11 is 3.41. The maximum atomic E-state index is 12.0. The van der Waals surface area contributed by atoms with Gasteiger partial charge in [0.2, 0.25) is 0 Å². The molecule has 2 heterocycles. The molecule has 0 N–H and O–H groups in total. The van der Waals surface area contributed by atoms with E-state index in [4.69, 9.17) is 0 Å². The fourth-order valence-corrected chi connectivity index (χ4v) is 4.43. The highest BCUT2D eigenvalue weighted by Crippen LogP contribution is 2.42. The standard InChI is InChI=1S/C19H20N4OS2/c1-22(2)18(24)14-7-5-13(6-8-14)12-26-19-21-20-17(16-4-3-11-25-16)23(19)15-9-10-15/h3-8,11,15H,9-10,12H2,1-2H3. The molecule has 0 atom stereocenters. The number of carbonyl (C=O) groups is 1. The van der Waals surface area contributed by atoms with Crippen LogP contribution in [0.15, 0.2) is 46.9 Å². The zero-order valence-electron chi connectivity index (χ0n) is 14.8. The third-order valence-electron chi connectivity index (χ3n) is 4.29. The van der Waals surface area contributed by atoms with Gasteiger partial charge in [0.1, 0.15) is 0 Å². The minimum atomic E-state index is 0.0262. The van der Waals surface area contributed by atoms with Crippen LogP contribution in [0.25, 0.3) is 10.7 Å². The first kappa shape index (κ1) is 17.3. The zero-order valence-corrected chi connectivity index (χ0v) is 16.4. The van der Waals surface area contributed by atoms with Gasteiger partial charge >= 0.3 is 0 Å². The van der Waals surface area contributed by atoms with Crippen molar-refractivity contribution in [2.75, 3.05) is 14.1 Å². The summed E-state index contributed by atoms with van der Waals surface area (Å²) in [4.78, 5) is 14.7. The molecule has 3 aromatic rings. The van der Waals surface area contributed by atoms with Crippen molar-refractivity contribution < 1.29 is 4.79 Å². The van der Waals surface area contributed by atoms with E-state index < -0.39 is 0 Å². The van der Waals surface area contributed by atoms with E-state index in [-0.39, 0.29) is 5.91 Å². The first-order valence-corrected chi connectivity index (χ1v) is 10.4. The first-order chi connectivity index (χ1) is 12.6. The summed E-state index contributed by atoms with van der Waals surface area (Å²) in [5.74, 6) is 1.82. The molecule has 0 radical (unpaired) electrons. The van der Waals surface area contributed by atoms with Crippen molar-refractivity contribution in [3.05, 3.63) is 52.9 Å². The summed E-state index contributed by atoms with van der Waals surface area (Å²) in [6.07, 6.45) is 2.40. The number of hydrogen-bond donors (Lipinski definition) is 0. The van der Waals surface area contributed by atoms with Crippen LogP contribution in [0.2, 0.25) is 0 Å². The summed E-state index contributed by atoms with van der Waals surface area (Å²) in [5.41, 5.74) is 1.89. The lowest BCUT2D eigenvalue weighted by Gasteiger charge is -2.10. The second-order valence-corrected chi connectivity index (χ2v) is 8.46. The molecule has 4 rings (SSSR count). The molecule has 1 aromatic carbocycles. The van der Waals surface area contributed by atoms with E-state index in [1.165, 1.54) is 23.3 Å². The minimum Gasteiger partial charge on any atom is -0.345 e. The molecule has 5 nitrogen and oxygen atoms in total. The van der Waals surface area contributed by atoms with Gasteiger partial charge in [-0.15, -0.1) is 21.5 Å². The Bertz CT molecular complexity index is 896. The van der Waals surface area contributed by atoms with E-state index in [1.54, 1.807) is 42.1 Å². The van der Waals surface area contributed by atoms with Gasteiger partial charge in [-0.2, -0.15) is 0 Å². The van der Waals surface area contributed by atoms with Gasteiger partial charge in [-0.1, -0.05) is 30.0 Å². The Morgan fingerprint density at radius 3 is 2.62 bits per heavy atom. The fourth-order valence-electron chi connectivity index (χ4n) is 2.76. The largest absolute Gasteiger partial charge is 0.345 e. The lowest BCUT2D eigenvalue weighted by molar-refractivity contribution is 0.0827. The molecule has 0 aliphatic heterocycles. The number of benzene rings is 1. The first-order valence-electron chi connectivity index (χ1n) is 8.55. The highest BCUT2D eigenvalue weighted by atomic mass is 32.2. The van der Waals surface area contributed by atoms with E-state index in [9.17, 15) is 4.79 Å². The third kappa shape index (κ3) is 3.54. The third-order valence-corrected chi connectivity index (χ3v) is 6.17. The average Bonchev–Trinajstić information content (AvgIpc) is 3.18. The normalized spacial score (nSPS) is 13.8. The number of rotatable bonds is 6. The second-order valence-electron chi connectivity index (χ2n) is 6.57. The highest BCUT2D eigenvalue weighted by molar-refractivity contribution is 7.98. The number of nitrogens with zero attached hydrogens (tertiary/aromatic N) is 4. The molecule has 134 valence electrons. The molecule has 1 amide bonds. The van der Waals surface area contributed by atoms with Crippen LogP contribution in [0.4, 0.5) is 0 Å². The van der Waals surface area contributed by atoms with Crippen molar-refractivity contribution in [2.24, 2.45) is 0 Å². The van der Waals surface area contributed by atoms with Crippen LogP contribution in [-0.4, -0.2) is 39.7 Å². The number of hydrogen-bond acceptors (Lipinski definition) is 5. The molecular weight excluding hydrogens is 364 g/mol. The molecule has 1 aliphatic rings. The molecule has 0 unspecified atom stereocenters. The van der Waals surface area contributed by atoms with E-state index in [1.807, 2.05) is 24.3 Å². The summed E-state index contributed by atoms with van der Waals surface area (Å²) in [6.45, 7) is 0. The Morgan fingerprint density at radius 1 is 1.23 bits per heavy atom. The van der Waals surface area contributed by atoms with Crippen LogP contribution in [-0.2, 0) is 5.75 Å². The molecule has 1 aliphatic carbocycles. The van der Waals surface area contributed by atoms with E-state index in [0.29, 0.717) is 11.6 Å². The topological polar surface area (TPSA) is 51.0 Å². The van der Waals surface area contributed by atoms with E-state index in [0.717, 1.165) is 16.7 Å². The van der Waals surface area contributed by atoms with Gasteiger partial charge in [0.05, 0.1) is 4.88 Å². The van der Waals surface area contributed by atoms with Gasteiger partial charge < -0.3 is 4.90 Å². The minimum absolute atomic E-state index is 0.0262. The van der Waals surface area contributed by atoms with Crippen molar-refractivity contribution in [3.63, 3.8) is 0 Å². The van der Waals surface area contributed by atoms with Crippen LogP contribution in [0.5, 0.6) is 0 Å². The number of aromatic nitrogens is 3. The van der Waals surface area contributed by atoms with Crippen LogP contribution in [0.1, 0.15) is 34.8 Å². The summed E-state index contributed by atoms with van der Waals surface area (Å²) < 4.78 is 2.29. The predicted molar refractivity (Wildman–Crippen MR) is 106 cm³/mol. The average molecular weight is 385 g/mol. The Balaban J connectivity index is 1.49. The summed E-state index contributed by atoms with van der Waals surface area (Å²) in [7, 11) is 3.53. The molecule has 0 saturated heterocycles. The smallest absolute Gasteiger partial charge is 0.253 e. The number of thioether (sulfide) groups is 1. The molecule has 0 bridgehead atoms. The summed E-state index contributed by atoms with van der Waals surface area (Å²) in [5, 5.41) is 11.9.